The molecule has 8 nitrogen and oxygen atoms in total. The van der Waals surface area contributed by atoms with Crippen LogP contribution in [-0.4, -0.2) is 70.3 Å². The molecule has 0 unspecified atom stereocenters. The van der Waals surface area contributed by atoms with Crippen molar-refractivity contribution in [3.63, 3.8) is 0 Å². The van der Waals surface area contributed by atoms with E-state index in [1.807, 2.05) is 47.0 Å². The third-order valence-corrected chi connectivity index (χ3v) is 6.08. The Balaban J connectivity index is 1.33. The maximum Gasteiger partial charge on any atom is 0.155 e. The van der Waals surface area contributed by atoms with Gasteiger partial charge in [0.25, 0.3) is 0 Å². The number of ether oxygens (including phenoxy) is 1. The SMILES string of the molecule is CCN1CCN(CCOc2ccc3oc(-c4cc5cccn5cn4)c/c(=N/O)c3c2)CC1. The van der Waals surface area contributed by atoms with E-state index in [0.29, 0.717) is 34.4 Å². The van der Waals surface area contributed by atoms with Crippen LogP contribution in [0.2, 0.25) is 0 Å². The van der Waals surface area contributed by atoms with Crippen molar-refractivity contribution in [3.8, 4) is 17.2 Å². The van der Waals surface area contributed by atoms with E-state index in [9.17, 15) is 5.21 Å². The van der Waals surface area contributed by atoms with Crippen molar-refractivity contribution in [1.82, 2.24) is 19.2 Å². The van der Waals surface area contributed by atoms with Crippen LogP contribution in [0, 0.1) is 0 Å². The molecule has 5 rings (SSSR count). The molecule has 0 atom stereocenters. The summed E-state index contributed by atoms with van der Waals surface area (Å²) < 4.78 is 14.0. The van der Waals surface area contributed by atoms with Crippen molar-refractivity contribution in [2.75, 3.05) is 45.9 Å². The molecule has 0 bridgehead atoms. The second-order valence-corrected chi connectivity index (χ2v) is 7.99. The van der Waals surface area contributed by atoms with Crippen LogP contribution >= 0.6 is 0 Å². The number of nitrogens with zero attached hydrogens (tertiary/aromatic N) is 5. The quantitative estimate of drug-likeness (QED) is 0.372. The predicted octanol–water partition coefficient (Wildman–Crippen LogP) is 3.05. The zero-order valence-corrected chi connectivity index (χ0v) is 18.1. The number of hydrogen-bond acceptors (Lipinski definition) is 7. The van der Waals surface area contributed by atoms with Gasteiger partial charge < -0.3 is 23.7 Å². The van der Waals surface area contributed by atoms with Crippen molar-refractivity contribution in [1.29, 1.82) is 0 Å². The Morgan fingerprint density at radius 1 is 1.09 bits per heavy atom. The van der Waals surface area contributed by atoms with Gasteiger partial charge in [0.2, 0.25) is 0 Å². The van der Waals surface area contributed by atoms with Crippen LogP contribution < -0.4 is 10.1 Å². The van der Waals surface area contributed by atoms with Gasteiger partial charge in [-0.2, -0.15) is 0 Å². The summed E-state index contributed by atoms with van der Waals surface area (Å²) in [5.41, 5.74) is 2.29. The van der Waals surface area contributed by atoms with Crippen LogP contribution in [0.15, 0.2) is 64.6 Å². The smallest absolute Gasteiger partial charge is 0.155 e. The average Bonchev–Trinajstić information content (AvgIpc) is 3.32. The van der Waals surface area contributed by atoms with E-state index in [0.717, 1.165) is 50.5 Å². The van der Waals surface area contributed by atoms with Gasteiger partial charge >= 0.3 is 0 Å². The minimum absolute atomic E-state index is 0.416. The average molecular weight is 434 g/mol. The highest BCUT2D eigenvalue weighted by molar-refractivity contribution is 5.80. The van der Waals surface area contributed by atoms with Crippen LogP contribution in [-0.2, 0) is 0 Å². The van der Waals surface area contributed by atoms with Crippen molar-refractivity contribution in [2.45, 2.75) is 6.92 Å². The van der Waals surface area contributed by atoms with Crippen LogP contribution in [0.3, 0.4) is 0 Å². The summed E-state index contributed by atoms with van der Waals surface area (Å²) in [5, 5.41) is 14.2. The summed E-state index contributed by atoms with van der Waals surface area (Å²) in [6, 6.07) is 13.2. The van der Waals surface area contributed by atoms with Gasteiger partial charge in [-0.1, -0.05) is 12.1 Å². The van der Waals surface area contributed by atoms with Crippen molar-refractivity contribution < 1.29 is 14.4 Å². The van der Waals surface area contributed by atoms with Gasteiger partial charge in [0.05, 0.1) is 11.7 Å². The summed E-state index contributed by atoms with van der Waals surface area (Å²) in [6.07, 6.45) is 3.67. The Labute approximate surface area is 186 Å². The summed E-state index contributed by atoms with van der Waals surface area (Å²) in [5.74, 6) is 1.26. The molecule has 0 aliphatic carbocycles. The normalized spacial score (nSPS) is 16.2. The fourth-order valence-electron chi connectivity index (χ4n) is 4.14. The van der Waals surface area contributed by atoms with Gasteiger partial charge in [0.1, 0.15) is 29.0 Å². The summed E-state index contributed by atoms with van der Waals surface area (Å²) >= 11 is 0. The Morgan fingerprint density at radius 2 is 1.94 bits per heavy atom. The highest BCUT2D eigenvalue weighted by Crippen LogP contribution is 2.24. The lowest BCUT2D eigenvalue weighted by Crippen LogP contribution is -2.47. The zero-order chi connectivity index (χ0) is 21.9. The number of fused-ring (bicyclic) bond motifs is 2. The molecule has 8 heteroatoms. The molecule has 0 amide bonds. The maximum absolute atomic E-state index is 9.63. The summed E-state index contributed by atoms with van der Waals surface area (Å²) in [7, 11) is 0. The van der Waals surface area contributed by atoms with Gasteiger partial charge in [-0.3, -0.25) is 4.90 Å². The monoisotopic (exact) mass is 433 g/mol. The molecule has 4 heterocycles. The fourth-order valence-corrected chi connectivity index (χ4v) is 4.14. The Bertz CT molecular complexity index is 1290. The molecule has 4 aromatic rings. The van der Waals surface area contributed by atoms with E-state index in [-0.39, 0.29) is 0 Å². The predicted molar refractivity (Wildman–Crippen MR) is 122 cm³/mol. The first-order valence-corrected chi connectivity index (χ1v) is 11.0. The Kier molecular flexibility index (Phi) is 5.79. The molecular formula is C24H27N5O3. The number of rotatable bonds is 6. The van der Waals surface area contributed by atoms with Crippen molar-refractivity contribution in [3.05, 3.63) is 60.3 Å². The van der Waals surface area contributed by atoms with Crippen LogP contribution in [0.5, 0.6) is 5.75 Å². The molecule has 32 heavy (non-hydrogen) atoms. The van der Waals surface area contributed by atoms with E-state index in [1.54, 1.807) is 12.4 Å². The molecule has 0 radical (unpaired) electrons. The van der Waals surface area contributed by atoms with E-state index in [2.05, 4.69) is 26.9 Å². The number of piperazine rings is 1. The zero-order valence-electron chi connectivity index (χ0n) is 18.1. The molecule has 0 spiro atoms. The second-order valence-electron chi connectivity index (χ2n) is 7.99. The summed E-state index contributed by atoms with van der Waals surface area (Å²) in [4.78, 5) is 9.35. The lowest BCUT2D eigenvalue weighted by molar-refractivity contribution is 0.121. The molecule has 3 aromatic heterocycles. The first kappa shape index (κ1) is 20.5. The van der Waals surface area contributed by atoms with Gasteiger partial charge in [0, 0.05) is 50.5 Å². The summed E-state index contributed by atoms with van der Waals surface area (Å²) in [6.45, 7) is 9.21. The Hall–Kier alpha value is -3.36. The number of likely N-dealkylation sites (N-methyl/N-ethyl adjacent to an activating group) is 1. The first-order valence-electron chi connectivity index (χ1n) is 11.0. The topological polar surface area (TPSA) is 78.7 Å². The van der Waals surface area contributed by atoms with Gasteiger partial charge in [-0.05, 0) is 42.9 Å². The molecular weight excluding hydrogens is 406 g/mol. The molecule has 0 saturated carbocycles. The molecule has 1 aliphatic rings. The molecule has 1 aromatic carbocycles. The van der Waals surface area contributed by atoms with Crippen LogP contribution in [0.25, 0.3) is 27.9 Å². The minimum Gasteiger partial charge on any atom is -0.492 e. The third kappa shape index (κ3) is 4.19. The van der Waals surface area contributed by atoms with E-state index in [1.165, 1.54) is 0 Å². The highest BCUT2D eigenvalue weighted by atomic mass is 16.5. The Morgan fingerprint density at radius 3 is 2.75 bits per heavy atom. The molecule has 1 N–H and O–H groups in total. The lowest BCUT2D eigenvalue weighted by atomic mass is 10.2. The fraction of sp³-hybridized carbons (Fsp3) is 0.333. The molecule has 1 aliphatic heterocycles. The van der Waals surface area contributed by atoms with Gasteiger partial charge in [0.15, 0.2) is 5.76 Å². The van der Waals surface area contributed by atoms with Crippen molar-refractivity contribution in [2.24, 2.45) is 5.16 Å². The van der Waals surface area contributed by atoms with E-state index >= 15 is 0 Å². The number of hydrogen-bond donors (Lipinski definition) is 1. The van der Waals surface area contributed by atoms with Gasteiger partial charge in [-0.25, -0.2) is 4.98 Å². The minimum atomic E-state index is 0.416. The molecule has 1 fully saturated rings. The van der Waals surface area contributed by atoms with Crippen molar-refractivity contribution >= 4 is 16.5 Å². The number of aromatic nitrogens is 2. The second kappa shape index (κ2) is 9.02. The molecule has 1 saturated heterocycles. The largest absolute Gasteiger partial charge is 0.492 e. The van der Waals surface area contributed by atoms with Crippen LogP contribution in [0.1, 0.15) is 6.92 Å². The standard InChI is InChI=1S/C24H27N5O3/c1-2-27-8-10-28(11-9-27)12-13-31-19-5-6-23-20(15-19)21(26-30)16-24(32-23)22-14-18-4-3-7-29(18)17-25-22/h3-7,14-17,30H,2,8-13H2,1H3/b26-21-. The maximum atomic E-state index is 9.63. The number of benzene rings is 1. The highest BCUT2D eigenvalue weighted by Gasteiger charge is 2.15. The first-order chi connectivity index (χ1) is 15.7. The third-order valence-electron chi connectivity index (χ3n) is 6.08. The van der Waals surface area contributed by atoms with E-state index in [4.69, 9.17) is 9.15 Å². The van der Waals surface area contributed by atoms with Crippen LogP contribution in [0.4, 0.5) is 0 Å². The van der Waals surface area contributed by atoms with E-state index < -0.39 is 0 Å². The van der Waals surface area contributed by atoms with Gasteiger partial charge in [-0.15, -0.1) is 0 Å². The lowest BCUT2D eigenvalue weighted by Gasteiger charge is -2.33. The molecule has 166 valence electrons.